The van der Waals surface area contributed by atoms with Gasteiger partial charge in [0.15, 0.2) is 4.34 Å². The number of rotatable bonds is 8. The van der Waals surface area contributed by atoms with Gasteiger partial charge in [-0.3, -0.25) is 4.79 Å². The lowest BCUT2D eigenvalue weighted by molar-refractivity contribution is -0.145. The molecule has 1 aliphatic carbocycles. The van der Waals surface area contributed by atoms with Crippen molar-refractivity contribution in [2.45, 2.75) is 49.5 Å². The summed E-state index contributed by atoms with van der Waals surface area (Å²) >= 11 is 3.24. The Hall–Kier alpha value is -0.660. The monoisotopic (exact) mass is 301 g/mol. The molecular weight excluding hydrogens is 282 g/mol. The Kier molecular flexibility index (Phi) is 5.59. The number of ether oxygens (including phenoxy) is 1. The summed E-state index contributed by atoms with van der Waals surface area (Å²) in [6, 6.07) is 0.317. The van der Waals surface area contributed by atoms with Crippen molar-refractivity contribution in [3.05, 3.63) is 5.01 Å². The molecule has 0 amide bonds. The Labute approximate surface area is 121 Å². The van der Waals surface area contributed by atoms with E-state index < -0.39 is 0 Å². The second kappa shape index (κ2) is 7.21. The zero-order chi connectivity index (χ0) is 13.7. The van der Waals surface area contributed by atoms with Crippen molar-refractivity contribution in [2.24, 2.45) is 0 Å². The van der Waals surface area contributed by atoms with Crippen LogP contribution < -0.4 is 5.32 Å². The number of thioether (sulfide) groups is 1. The summed E-state index contributed by atoms with van der Waals surface area (Å²) in [5.41, 5.74) is 0. The third-order valence-corrected chi connectivity index (χ3v) is 4.73. The van der Waals surface area contributed by atoms with Crippen LogP contribution in [0.1, 0.15) is 31.2 Å². The van der Waals surface area contributed by atoms with Gasteiger partial charge in [-0.25, -0.2) is 0 Å². The third-order valence-electron chi connectivity index (χ3n) is 2.72. The molecule has 106 valence electrons. The maximum Gasteiger partial charge on any atom is 0.323 e. The standard InChI is InChI=1S/C12H19N3O2S2/c1-3-17-11(16)10(13-9-4-5-9)6-7-18-12-15-14-8(2)19-12/h9-10,13H,3-7H2,1-2H3. The van der Waals surface area contributed by atoms with Crippen molar-refractivity contribution in [3.8, 4) is 0 Å². The summed E-state index contributed by atoms with van der Waals surface area (Å²) in [6.07, 6.45) is 3.09. The number of nitrogens with zero attached hydrogens (tertiary/aromatic N) is 2. The average molecular weight is 301 g/mol. The number of aromatic nitrogens is 2. The number of hydrogen-bond acceptors (Lipinski definition) is 7. The molecule has 1 atom stereocenters. The number of hydrogen-bond donors (Lipinski definition) is 1. The van der Waals surface area contributed by atoms with Crippen molar-refractivity contribution in [1.29, 1.82) is 0 Å². The molecule has 19 heavy (non-hydrogen) atoms. The first-order valence-electron chi connectivity index (χ1n) is 6.54. The van der Waals surface area contributed by atoms with Crippen LogP contribution in [0.2, 0.25) is 0 Å². The van der Waals surface area contributed by atoms with Crippen LogP contribution in [0, 0.1) is 6.92 Å². The topological polar surface area (TPSA) is 64.1 Å². The predicted octanol–water partition coefficient (Wildman–Crippen LogP) is 2.01. The number of esters is 1. The van der Waals surface area contributed by atoms with Crippen LogP contribution in [0.15, 0.2) is 4.34 Å². The quantitative estimate of drug-likeness (QED) is 0.585. The molecule has 1 saturated carbocycles. The molecule has 7 heteroatoms. The molecule has 1 aliphatic rings. The van der Waals surface area contributed by atoms with E-state index in [9.17, 15) is 4.79 Å². The van der Waals surface area contributed by atoms with E-state index in [2.05, 4.69) is 15.5 Å². The summed E-state index contributed by atoms with van der Waals surface area (Å²) in [5.74, 6) is 0.709. The molecule has 2 rings (SSSR count). The third kappa shape index (κ3) is 5.08. The highest BCUT2D eigenvalue weighted by Gasteiger charge is 2.28. The van der Waals surface area contributed by atoms with Gasteiger partial charge in [-0.2, -0.15) is 0 Å². The van der Waals surface area contributed by atoms with E-state index in [1.165, 1.54) is 12.8 Å². The van der Waals surface area contributed by atoms with Crippen LogP contribution in [-0.2, 0) is 9.53 Å². The normalized spacial score (nSPS) is 16.3. The molecule has 1 unspecified atom stereocenters. The van der Waals surface area contributed by atoms with Gasteiger partial charge in [0, 0.05) is 11.8 Å². The van der Waals surface area contributed by atoms with Crippen LogP contribution in [0.3, 0.4) is 0 Å². The van der Waals surface area contributed by atoms with Gasteiger partial charge >= 0.3 is 5.97 Å². The highest BCUT2D eigenvalue weighted by molar-refractivity contribution is 8.01. The fourth-order valence-electron chi connectivity index (χ4n) is 1.65. The van der Waals surface area contributed by atoms with E-state index in [4.69, 9.17) is 4.74 Å². The zero-order valence-corrected chi connectivity index (χ0v) is 12.9. The molecule has 1 N–H and O–H groups in total. The Morgan fingerprint density at radius 1 is 1.58 bits per heavy atom. The molecule has 1 heterocycles. The molecule has 0 aromatic carbocycles. The Morgan fingerprint density at radius 3 is 2.95 bits per heavy atom. The maximum atomic E-state index is 11.8. The van der Waals surface area contributed by atoms with Crippen LogP contribution in [-0.4, -0.2) is 40.6 Å². The van der Waals surface area contributed by atoms with Crippen molar-refractivity contribution >= 4 is 29.1 Å². The highest BCUT2D eigenvalue weighted by atomic mass is 32.2. The average Bonchev–Trinajstić information content (AvgIpc) is 3.10. The fraction of sp³-hybridized carbons (Fsp3) is 0.750. The van der Waals surface area contributed by atoms with E-state index >= 15 is 0 Å². The van der Waals surface area contributed by atoms with Gasteiger partial charge in [0.25, 0.3) is 0 Å². The first kappa shape index (κ1) is 14.7. The highest BCUT2D eigenvalue weighted by Crippen LogP contribution is 2.24. The second-order valence-electron chi connectivity index (χ2n) is 4.47. The lowest BCUT2D eigenvalue weighted by Crippen LogP contribution is -2.39. The minimum absolute atomic E-state index is 0.136. The minimum Gasteiger partial charge on any atom is -0.465 e. The van der Waals surface area contributed by atoms with E-state index in [0.717, 1.165) is 21.5 Å². The van der Waals surface area contributed by atoms with Crippen molar-refractivity contribution in [2.75, 3.05) is 12.4 Å². The number of carbonyl (C=O) groups is 1. The van der Waals surface area contributed by atoms with Gasteiger partial charge in [0.1, 0.15) is 11.0 Å². The van der Waals surface area contributed by atoms with E-state index in [0.29, 0.717) is 12.6 Å². The number of carbonyl (C=O) groups excluding carboxylic acids is 1. The second-order valence-corrected chi connectivity index (χ2v) is 6.99. The Bertz CT molecular complexity index is 421. The lowest BCUT2D eigenvalue weighted by atomic mass is 10.2. The van der Waals surface area contributed by atoms with Crippen LogP contribution in [0.4, 0.5) is 0 Å². The Morgan fingerprint density at radius 2 is 2.37 bits per heavy atom. The molecule has 0 aliphatic heterocycles. The van der Waals surface area contributed by atoms with Crippen molar-refractivity contribution in [1.82, 2.24) is 15.5 Å². The summed E-state index contributed by atoms with van der Waals surface area (Å²) in [6.45, 7) is 4.22. The molecular formula is C12H19N3O2S2. The summed E-state index contributed by atoms with van der Waals surface area (Å²) in [7, 11) is 0. The molecule has 1 aromatic rings. The van der Waals surface area contributed by atoms with Crippen LogP contribution >= 0.6 is 23.1 Å². The maximum absolute atomic E-state index is 11.8. The van der Waals surface area contributed by atoms with Gasteiger partial charge in [-0.1, -0.05) is 23.1 Å². The molecule has 0 saturated heterocycles. The largest absolute Gasteiger partial charge is 0.465 e. The summed E-state index contributed by atoms with van der Waals surface area (Å²) in [4.78, 5) is 11.8. The predicted molar refractivity (Wildman–Crippen MR) is 76.6 cm³/mol. The summed E-state index contributed by atoms with van der Waals surface area (Å²) in [5, 5.41) is 12.4. The van der Waals surface area contributed by atoms with Crippen LogP contribution in [0.25, 0.3) is 0 Å². The smallest absolute Gasteiger partial charge is 0.323 e. The molecule has 1 fully saturated rings. The molecule has 0 bridgehead atoms. The van der Waals surface area contributed by atoms with Crippen molar-refractivity contribution in [3.63, 3.8) is 0 Å². The SMILES string of the molecule is CCOC(=O)C(CCSc1nnc(C)s1)NC1CC1. The van der Waals surface area contributed by atoms with Gasteiger partial charge < -0.3 is 10.1 Å². The van der Waals surface area contributed by atoms with Gasteiger partial charge in [0.2, 0.25) is 0 Å². The summed E-state index contributed by atoms with van der Waals surface area (Å²) < 4.78 is 6.07. The molecule has 1 aromatic heterocycles. The van der Waals surface area contributed by atoms with Gasteiger partial charge in [-0.15, -0.1) is 10.2 Å². The first-order valence-corrected chi connectivity index (χ1v) is 8.35. The van der Waals surface area contributed by atoms with Gasteiger partial charge in [0.05, 0.1) is 6.61 Å². The van der Waals surface area contributed by atoms with Crippen LogP contribution in [0.5, 0.6) is 0 Å². The Balaban J connectivity index is 1.76. The lowest BCUT2D eigenvalue weighted by Gasteiger charge is -2.16. The first-order chi connectivity index (χ1) is 9.19. The van der Waals surface area contributed by atoms with E-state index in [1.54, 1.807) is 23.1 Å². The van der Waals surface area contributed by atoms with Gasteiger partial charge in [-0.05, 0) is 33.1 Å². The molecule has 0 spiro atoms. The van der Waals surface area contributed by atoms with E-state index in [-0.39, 0.29) is 12.0 Å². The minimum atomic E-state index is -0.186. The number of aryl methyl sites for hydroxylation is 1. The zero-order valence-electron chi connectivity index (χ0n) is 11.2. The van der Waals surface area contributed by atoms with Crippen molar-refractivity contribution < 1.29 is 9.53 Å². The number of nitrogens with one attached hydrogen (secondary N) is 1. The fourth-order valence-corrected chi connectivity index (χ4v) is 3.54. The molecule has 5 nitrogen and oxygen atoms in total. The molecule has 0 radical (unpaired) electrons. The van der Waals surface area contributed by atoms with E-state index in [1.807, 2.05) is 13.8 Å².